The van der Waals surface area contributed by atoms with Crippen molar-refractivity contribution in [2.24, 2.45) is 0 Å². The molecule has 1 aliphatic heterocycles. The quantitative estimate of drug-likeness (QED) is 0.652. The first-order chi connectivity index (χ1) is 14.5. The lowest BCUT2D eigenvalue weighted by molar-refractivity contribution is -0.134. The van der Waals surface area contributed by atoms with Crippen molar-refractivity contribution in [1.29, 1.82) is 0 Å². The van der Waals surface area contributed by atoms with Crippen LogP contribution in [0, 0.1) is 0 Å². The molecule has 1 saturated carbocycles. The molecule has 160 valence electrons. The van der Waals surface area contributed by atoms with E-state index >= 15 is 0 Å². The highest BCUT2D eigenvalue weighted by Crippen LogP contribution is 2.36. The minimum Gasteiger partial charge on any atom is -0.493 e. The lowest BCUT2D eigenvalue weighted by Crippen LogP contribution is -2.44. The number of fused-ring (bicyclic) bond motifs is 1. The van der Waals surface area contributed by atoms with E-state index in [1.54, 1.807) is 14.2 Å². The number of amides is 1. The van der Waals surface area contributed by atoms with Gasteiger partial charge < -0.3 is 14.4 Å². The van der Waals surface area contributed by atoms with Crippen molar-refractivity contribution in [2.45, 2.75) is 44.8 Å². The van der Waals surface area contributed by atoms with Crippen LogP contribution in [0.5, 0.6) is 11.5 Å². The standard InChI is InChI=1S/C24H29ClN2O3/c1-16(17-4-6-20(25)7-5-17)27(21-8-9-21)15-24(28)26-11-10-18-12-22(29-2)23(30-3)13-19(18)14-26/h4-7,12-13,16,21H,8-11,14-15H2,1-3H3. The van der Waals surface area contributed by atoms with Gasteiger partial charge in [-0.25, -0.2) is 0 Å². The fourth-order valence-electron chi connectivity index (χ4n) is 4.27. The van der Waals surface area contributed by atoms with E-state index in [4.69, 9.17) is 21.1 Å². The van der Waals surface area contributed by atoms with Crippen LogP contribution in [0.1, 0.15) is 42.5 Å². The number of carbonyl (C=O) groups excluding carboxylic acids is 1. The molecule has 0 radical (unpaired) electrons. The van der Waals surface area contributed by atoms with Crippen molar-refractivity contribution in [3.63, 3.8) is 0 Å². The Kier molecular flexibility index (Phi) is 6.21. The second-order valence-corrected chi connectivity index (χ2v) is 8.61. The molecule has 1 atom stereocenters. The Morgan fingerprint density at radius 2 is 1.77 bits per heavy atom. The summed E-state index contributed by atoms with van der Waals surface area (Å²) in [5.41, 5.74) is 3.56. The monoisotopic (exact) mass is 428 g/mol. The lowest BCUT2D eigenvalue weighted by atomic mass is 9.98. The van der Waals surface area contributed by atoms with Crippen LogP contribution in [0.25, 0.3) is 0 Å². The van der Waals surface area contributed by atoms with Crippen LogP contribution in [0.3, 0.4) is 0 Å². The Balaban J connectivity index is 1.47. The van der Waals surface area contributed by atoms with Crippen molar-refractivity contribution < 1.29 is 14.3 Å². The zero-order valence-electron chi connectivity index (χ0n) is 17.9. The van der Waals surface area contributed by atoms with Gasteiger partial charge >= 0.3 is 0 Å². The zero-order valence-corrected chi connectivity index (χ0v) is 18.6. The van der Waals surface area contributed by atoms with Crippen LogP contribution in [-0.2, 0) is 17.8 Å². The zero-order chi connectivity index (χ0) is 21.3. The summed E-state index contributed by atoms with van der Waals surface area (Å²) in [5.74, 6) is 1.64. The van der Waals surface area contributed by atoms with E-state index in [1.807, 2.05) is 29.2 Å². The van der Waals surface area contributed by atoms with E-state index in [2.05, 4.69) is 24.0 Å². The molecule has 2 aliphatic rings. The maximum atomic E-state index is 13.2. The molecule has 1 fully saturated rings. The summed E-state index contributed by atoms with van der Waals surface area (Å²) in [6.07, 6.45) is 3.15. The molecule has 0 bridgehead atoms. The number of rotatable bonds is 7. The average Bonchev–Trinajstić information content (AvgIpc) is 3.61. The summed E-state index contributed by atoms with van der Waals surface area (Å²) in [7, 11) is 3.29. The van der Waals surface area contributed by atoms with Crippen LogP contribution in [0.4, 0.5) is 0 Å². The first kappa shape index (κ1) is 21.0. The Labute approximate surface area is 183 Å². The molecule has 5 nitrogen and oxygen atoms in total. The summed E-state index contributed by atoms with van der Waals surface area (Å²) in [6.45, 7) is 3.96. The molecule has 4 rings (SSSR count). The molecule has 1 unspecified atom stereocenters. The van der Waals surface area contributed by atoms with Gasteiger partial charge in [-0.05, 0) is 67.1 Å². The number of hydrogen-bond donors (Lipinski definition) is 0. The number of methoxy groups -OCH3 is 2. The Morgan fingerprint density at radius 1 is 1.13 bits per heavy atom. The Bertz CT molecular complexity index is 911. The highest BCUT2D eigenvalue weighted by molar-refractivity contribution is 6.30. The second kappa shape index (κ2) is 8.86. The van der Waals surface area contributed by atoms with E-state index in [0.29, 0.717) is 24.9 Å². The lowest BCUT2D eigenvalue weighted by Gasteiger charge is -2.34. The van der Waals surface area contributed by atoms with Crippen LogP contribution in [-0.4, -0.2) is 49.1 Å². The topological polar surface area (TPSA) is 42.0 Å². The molecule has 1 aliphatic carbocycles. The minimum absolute atomic E-state index is 0.181. The van der Waals surface area contributed by atoms with Gasteiger partial charge in [-0.3, -0.25) is 9.69 Å². The first-order valence-corrected chi connectivity index (χ1v) is 10.9. The predicted octanol–water partition coefficient (Wildman–Crippen LogP) is 4.47. The normalized spacial score (nSPS) is 16.9. The molecule has 1 heterocycles. The summed E-state index contributed by atoms with van der Waals surface area (Å²) < 4.78 is 10.9. The maximum absolute atomic E-state index is 13.2. The molecule has 2 aromatic rings. The molecule has 2 aromatic carbocycles. The summed E-state index contributed by atoms with van der Waals surface area (Å²) in [4.78, 5) is 17.5. The molecule has 30 heavy (non-hydrogen) atoms. The van der Waals surface area contributed by atoms with E-state index in [0.717, 1.165) is 42.1 Å². The highest BCUT2D eigenvalue weighted by atomic mass is 35.5. The van der Waals surface area contributed by atoms with Gasteiger partial charge in [-0.15, -0.1) is 0 Å². The first-order valence-electron chi connectivity index (χ1n) is 10.5. The molecule has 0 spiro atoms. The van der Waals surface area contributed by atoms with Crippen LogP contribution in [0.15, 0.2) is 36.4 Å². The van der Waals surface area contributed by atoms with E-state index < -0.39 is 0 Å². The SMILES string of the molecule is COc1cc2c(cc1OC)CN(C(=O)CN(C1CC1)C(C)c1ccc(Cl)cc1)CC2. The van der Waals surface area contributed by atoms with Crippen LogP contribution >= 0.6 is 11.6 Å². The number of hydrogen-bond acceptors (Lipinski definition) is 4. The Morgan fingerprint density at radius 3 is 2.37 bits per heavy atom. The number of nitrogens with zero attached hydrogens (tertiary/aromatic N) is 2. The summed E-state index contributed by atoms with van der Waals surface area (Å²) >= 11 is 6.05. The van der Waals surface area contributed by atoms with Gasteiger partial charge in [-0.1, -0.05) is 23.7 Å². The van der Waals surface area contributed by atoms with Gasteiger partial charge in [0.05, 0.1) is 20.8 Å². The van der Waals surface area contributed by atoms with E-state index in [-0.39, 0.29) is 11.9 Å². The summed E-state index contributed by atoms with van der Waals surface area (Å²) in [6, 6.07) is 12.7. The number of halogens is 1. The molecule has 0 N–H and O–H groups in total. The van der Waals surface area contributed by atoms with E-state index in [9.17, 15) is 4.79 Å². The minimum atomic E-state index is 0.181. The third kappa shape index (κ3) is 4.42. The smallest absolute Gasteiger partial charge is 0.237 e. The van der Waals surface area contributed by atoms with Gasteiger partial charge in [0.2, 0.25) is 5.91 Å². The summed E-state index contributed by atoms with van der Waals surface area (Å²) in [5, 5.41) is 0.735. The third-order valence-corrected chi connectivity index (χ3v) is 6.51. The fourth-order valence-corrected chi connectivity index (χ4v) is 4.40. The number of carbonyl (C=O) groups is 1. The highest BCUT2D eigenvalue weighted by Gasteiger charge is 2.35. The maximum Gasteiger partial charge on any atom is 0.237 e. The van der Waals surface area contributed by atoms with Crippen molar-refractivity contribution in [3.8, 4) is 11.5 Å². The number of ether oxygens (including phenoxy) is 2. The van der Waals surface area contributed by atoms with Gasteiger partial charge in [0.15, 0.2) is 11.5 Å². The van der Waals surface area contributed by atoms with Gasteiger partial charge in [0.25, 0.3) is 0 Å². The largest absolute Gasteiger partial charge is 0.493 e. The van der Waals surface area contributed by atoms with Gasteiger partial charge in [-0.2, -0.15) is 0 Å². The molecule has 0 saturated heterocycles. The molecule has 1 amide bonds. The molecular weight excluding hydrogens is 400 g/mol. The molecular formula is C24H29ClN2O3. The van der Waals surface area contributed by atoms with Crippen molar-refractivity contribution in [1.82, 2.24) is 9.80 Å². The van der Waals surface area contributed by atoms with Crippen molar-refractivity contribution in [3.05, 3.63) is 58.1 Å². The Hall–Kier alpha value is -2.24. The van der Waals surface area contributed by atoms with E-state index in [1.165, 1.54) is 11.1 Å². The van der Waals surface area contributed by atoms with Crippen LogP contribution < -0.4 is 9.47 Å². The average molecular weight is 429 g/mol. The van der Waals surface area contributed by atoms with Crippen molar-refractivity contribution >= 4 is 17.5 Å². The van der Waals surface area contributed by atoms with Crippen molar-refractivity contribution in [2.75, 3.05) is 27.3 Å². The van der Waals surface area contributed by atoms with Crippen LogP contribution in [0.2, 0.25) is 5.02 Å². The predicted molar refractivity (Wildman–Crippen MR) is 118 cm³/mol. The van der Waals surface area contributed by atoms with Gasteiger partial charge in [0.1, 0.15) is 0 Å². The number of benzene rings is 2. The second-order valence-electron chi connectivity index (χ2n) is 8.17. The molecule has 6 heteroatoms. The third-order valence-electron chi connectivity index (χ3n) is 6.25. The van der Waals surface area contributed by atoms with Gasteiger partial charge in [0, 0.05) is 30.2 Å². The molecule has 0 aromatic heterocycles. The fraction of sp³-hybridized carbons (Fsp3) is 0.458.